The van der Waals surface area contributed by atoms with Gasteiger partial charge in [0.1, 0.15) is 16.5 Å². The number of rotatable bonds is 5. The third kappa shape index (κ3) is 3.79. The van der Waals surface area contributed by atoms with Crippen LogP contribution in [0.5, 0.6) is 5.75 Å². The number of halogens is 1. The van der Waals surface area contributed by atoms with E-state index in [4.69, 9.17) is 16.2 Å². The second kappa shape index (κ2) is 6.03. The lowest BCUT2D eigenvalue weighted by atomic mass is 10.1. The van der Waals surface area contributed by atoms with Crippen LogP contribution in [0.15, 0.2) is 17.0 Å². The molecule has 0 atom stereocenters. The van der Waals surface area contributed by atoms with Gasteiger partial charge in [-0.25, -0.2) is 0 Å². The molecule has 1 aromatic carbocycles. The zero-order valence-corrected chi connectivity index (χ0v) is 11.3. The van der Waals surface area contributed by atoms with E-state index in [1.807, 2.05) is 0 Å². The van der Waals surface area contributed by atoms with Gasteiger partial charge in [-0.1, -0.05) is 0 Å². The predicted octanol–water partition coefficient (Wildman–Crippen LogP) is 0.402. The number of hydrogen-bond donors (Lipinski definition) is 3. The number of alkyl halides is 1. The van der Waals surface area contributed by atoms with Crippen molar-refractivity contribution in [3.8, 4) is 5.75 Å². The molecule has 0 aliphatic heterocycles. The summed E-state index contributed by atoms with van der Waals surface area (Å²) in [4.78, 5) is 19.8. The fourth-order valence-corrected chi connectivity index (χ4v) is 2.22. The van der Waals surface area contributed by atoms with Gasteiger partial charge in [-0.05, 0) is 0 Å². The van der Waals surface area contributed by atoms with Crippen molar-refractivity contribution in [1.82, 2.24) is 5.32 Å². The summed E-state index contributed by atoms with van der Waals surface area (Å²) in [5.74, 6) is -1.79. The molecular weight excluding hydrogens is 316 g/mol. The van der Waals surface area contributed by atoms with Crippen molar-refractivity contribution in [3.63, 3.8) is 0 Å². The summed E-state index contributed by atoms with van der Waals surface area (Å²) < 4.78 is 31.4. The molecule has 0 aromatic heterocycles. The Morgan fingerprint density at radius 1 is 1.45 bits per heavy atom. The van der Waals surface area contributed by atoms with E-state index in [9.17, 15) is 28.4 Å². The molecule has 0 radical (unpaired) electrons. The molecule has 0 saturated heterocycles. The van der Waals surface area contributed by atoms with Crippen LogP contribution in [-0.2, 0) is 21.5 Å². The van der Waals surface area contributed by atoms with Crippen LogP contribution in [0.25, 0.3) is 0 Å². The number of nitrogens with one attached hydrogen (secondary N) is 1. The summed E-state index contributed by atoms with van der Waals surface area (Å²) in [5, 5.41) is 22.4. The van der Waals surface area contributed by atoms with Crippen molar-refractivity contribution in [1.29, 1.82) is 0 Å². The maximum Gasteiger partial charge on any atom is 0.295 e. The lowest BCUT2D eigenvalue weighted by molar-refractivity contribution is -0.385. The molecule has 0 bridgehead atoms. The maximum absolute atomic E-state index is 11.2. The van der Waals surface area contributed by atoms with Crippen molar-refractivity contribution < 1.29 is 27.8 Å². The average molecular weight is 325 g/mol. The number of carbonyl (C=O) groups excluding carboxylic acids is 1. The smallest absolute Gasteiger partial charge is 0.295 e. The van der Waals surface area contributed by atoms with Gasteiger partial charge in [0.2, 0.25) is 5.91 Å². The first-order valence-corrected chi connectivity index (χ1v) is 6.94. The highest BCUT2D eigenvalue weighted by atomic mass is 35.5. The zero-order valence-electron chi connectivity index (χ0n) is 9.74. The highest BCUT2D eigenvalue weighted by molar-refractivity contribution is 7.85. The fraction of sp³-hybridized carbons (Fsp3) is 0.222. The van der Waals surface area contributed by atoms with Crippen LogP contribution in [0.2, 0.25) is 0 Å². The lowest BCUT2D eigenvalue weighted by Gasteiger charge is -2.10. The van der Waals surface area contributed by atoms with Gasteiger partial charge in [0.05, 0.1) is 11.0 Å². The SMILES string of the molecule is O=C(CCl)NCc1c(O)cc([N+](=O)[O-])cc1S(=O)(=O)O. The normalized spacial score (nSPS) is 11.1. The van der Waals surface area contributed by atoms with Gasteiger partial charge >= 0.3 is 0 Å². The maximum atomic E-state index is 11.2. The van der Waals surface area contributed by atoms with Gasteiger partial charge in [0.15, 0.2) is 0 Å². The summed E-state index contributed by atoms with van der Waals surface area (Å²) in [6, 6.07) is 1.29. The Kier molecular flexibility index (Phi) is 4.87. The molecule has 1 rings (SSSR count). The monoisotopic (exact) mass is 324 g/mol. The van der Waals surface area contributed by atoms with Gasteiger partial charge in [-0.2, -0.15) is 8.42 Å². The van der Waals surface area contributed by atoms with E-state index in [2.05, 4.69) is 5.32 Å². The van der Waals surface area contributed by atoms with Gasteiger partial charge in [0, 0.05) is 18.2 Å². The zero-order chi connectivity index (χ0) is 15.5. The second-order valence-corrected chi connectivity index (χ2v) is 5.24. The number of phenols is 1. The van der Waals surface area contributed by atoms with Crippen molar-refractivity contribution in [2.75, 3.05) is 5.88 Å². The van der Waals surface area contributed by atoms with E-state index < -0.39 is 49.7 Å². The molecule has 11 heteroatoms. The highest BCUT2D eigenvalue weighted by Gasteiger charge is 2.24. The first kappa shape index (κ1) is 16.1. The van der Waals surface area contributed by atoms with Crippen LogP contribution in [-0.4, -0.2) is 34.8 Å². The number of nitrogens with zero attached hydrogens (tertiary/aromatic N) is 1. The topological polar surface area (TPSA) is 147 Å². The molecule has 0 heterocycles. The van der Waals surface area contributed by atoms with Gasteiger partial charge in [-0.15, -0.1) is 11.6 Å². The predicted molar refractivity (Wildman–Crippen MR) is 67.1 cm³/mol. The van der Waals surface area contributed by atoms with Crippen molar-refractivity contribution >= 4 is 33.3 Å². The van der Waals surface area contributed by atoms with E-state index in [1.54, 1.807) is 0 Å². The van der Waals surface area contributed by atoms with Crippen LogP contribution in [0.1, 0.15) is 5.56 Å². The molecule has 0 saturated carbocycles. The molecule has 1 aromatic rings. The van der Waals surface area contributed by atoms with Crippen molar-refractivity contribution in [2.24, 2.45) is 0 Å². The van der Waals surface area contributed by atoms with Gasteiger partial charge in [0.25, 0.3) is 15.8 Å². The summed E-state index contributed by atoms with van der Waals surface area (Å²) in [7, 11) is -4.82. The molecule has 0 aliphatic rings. The van der Waals surface area contributed by atoms with E-state index in [1.165, 1.54) is 0 Å². The summed E-state index contributed by atoms with van der Waals surface area (Å²) in [5.41, 5.74) is -1.10. The Morgan fingerprint density at radius 2 is 2.05 bits per heavy atom. The fourth-order valence-electron chi connectivity index (χ4n) is 1.36. The van der Waals surface area contributed by atoms with Crippen molar-refractivity contribution in [3.05, 3.63) is 27.8 Å². The van der Waals surface area contributed by atoms with E-state index in [0.717, 1.165) is 0 Å². The molecule has 0 spiro atoms. The molecular formula is C9H9ClN2O7S. The van der Waals surface area contributed by atoms with Crippen LogP contribution >= 0.6 is 11.6 Å². The molecule has 3 N–H and O–H groups in total. The van der Waals surface area contributed by atoms with Gasteiger partial charge < -0.3 is 10.4 Å². The quantitative estimate of drug-likeness (QED) is 0.307. The van der Waals surface area contributed by atoms with Crippen LogP contribution < -0.4 is 5.32 Å². The number of hydrogen-bond acceptors (Lipinski definition) is 6. The Hall–Kier alpha value is -1.91. The first-order valence-electron chi connectivity index (χ1n) is 4.97. The average Bonchev–Trinajstić information content (AvgIpc) is 2.34. The molecule has 110 valence electrons. The molecule has 0 aliphatic carbocycles. The third-order valence-electron chi connectivity index (χ3n) is 2.24. The number of nitro groups is 1. The van der Waals surface area contributed by atoms with E-state index in [-0.39, 0.29) is 5.56 Å². The molecule has 20 heavy (non-hydrogen) atoms. The number of nitro benzene ring substituents is 1. The molecule has 0 unspecified atom stereocenters. The van der Waals surface area contributed by atoms with E-state index >= 15 is 0 Å². The minimum Gasteiger partial charge on any atom is -0.507 e. The standard InChI is InChI=1S/C9H9ClN2O7S/c10-3-9(14)11-4-6-7(13)1-5(12(15)16)2-8(6)20(17,18)19/h1-2,13H,3-4H2,(H,11,14)(H,17,18,19). The van der Waals surface area contributed by atoms with E-state index in [0.29, 0.717) is 12.1 Å². The van der Waals surface area contributed by atoms with Crippen molar-refractivity contribution in [2.45, 2.75) is 11.4 Å². The summed E-state index contributed by atoms with van der Waals surface area (Å²) >= 11 is 5.22. The summed E-state index contributed by atoms with van der Waals surface area (Å²) in [6.45, 7) is -0.468. The molecule has 0 fully saturated rings. The molecule has 9 nitrogen and oxygen atoms in total. The second-order valence-electron chi connectivity index (χ2n) is 3.58. The number of aromatic hydroxyl groups is 1. The van der Waals surface area contributed by atoms with Crippen LogP contribution in [0.4, 0.5) is 5.69 Å². The Balaban J connectivity index is 3.35. The Morgan fingerprint density at radius 3 is 2.50 bits per heavy atom. The van der Waals surface area contributed by atoms with Gasteiger partial charge in [-0.3, -0.25) is 19.5 Å². The van der Waals surface area contributed by atoms with Crippen LogP contribution in [0.3, 0.4) is 0 Å². The number of amides is 1. The third-order valence-corrected chi connectivity index (χ3v) is 3.41. The van der Waals surface area contributed by atoms with Crippen LogP contribution in [0, 0.1) is 10.1 Å². The number of non-ortho nitro benzene ring substituents is 1. The Labute approximate surface area is 118 Å². The minimum absolute atomic E-state index is 0.378. The number of phenolic OH excluding ortho intramolecular Hbond substituents is 1. The highest BCUT2D eigenvalue weighted by Crippen LogP contribution is 2.30. The lowest BCUT2D eigenvalue weighted by Crippen LogP contribution is -2.24. The minimum atomic E-state index is -4.82. The largest absolute Gasteiger partial charge is 0.507 e. The first-order chi connectivity index (χ1) is 9.16. The summed E-state index contributed by atoms with van der Waals surface area (Å²) in [6.07, 6.45) is 0. The molecule has 1 amide bonds. The number of benzene rings is 1. The number of carbonyl (C=O) groups is 1. The Bertz CT molecular complexity index is 659.